The van der Waals surface area contributed by atoms with Gasteiger partial charge in [0, 0.05) is 12.3 Å². The summed E-state index contributed by atoms with van der Waals surface area (Å²) in [5, 5.41) is 0. The van der Waals surface area contributed by atoms with E-state index >= 15 is 0 Å². The van der Waals surface area contributed by atoms with Crippen molar-refractivity contribution in [2.45, 2.75) is 46.1 Å². The Labute approximate surface area is 158 Å². The fourth-order valence-corrected chi connectivity index (χ4v) is 2.55. The number of ketones is 1. The fourth-order valence-electron chi connectivity index (χ4n) is 2.55. The summed E-state index contributed by atoms with van der Waals surface area (Å²) in [6.07, 6.45) is 12.6. The van der Waals surface area contributed by atoms with Gasteiger partial charge in [-0.15, -0.1) is 0 Å². The van der Waals surface area contributed by atoms with E-state index in [2.05, 4.69) is 31.2 Å². The zero-order chi connectivity index (χ0) is 19.0. The van der Waals surface area contributed by atoms with Crippen LogP contribution in [0.1, 0.15) is 45.1 Å². The normalized spacial score (nSPS) is 13.4. The average molecular weight is 357 g/mol. The molecule has 142 valence electrons. The van der Waals surface area contributed by atoms with Gasteiger partial charge in [-0.05, 0) is 36.5 Å². The number of benzene rings is 1. The van der Waals surface area contributed by atoms with Crippen molar-refractivity contribution in [2.75, 3.05) is 13.7 Å². The Morgan fingerprint density at radius 3 is 2.42 bits per heavy atom. The highest BCUT2D eigenvalue weighted by atomic mass is 16.5. The minimum Gasteiger partial charge on any atom is -0.504 e. The van der Waals surface area contributed by atoms with Crippen molar-refractivity contribution >= 4 is 5.78 Å². The molecule has 0 bridgehead atoms. The Morgan fingerprint density at radius 1 is 1.08 bits per heavy atom. The maximum Gasteiger partial charge on any atom is 0.155 e. The molecule has 1 aromatic carbocycles. The van der Waals surface area contributed by atoms with Crippen LogP contribution in [-0.4, -0.2) is 19.5 Å². The predicted octanol–water partition coefficient (Wildman–Crippen LogP) is 5.63. The lowest BCUT2D eigenvalue weighted by Crippen LogP contribution is -2.14. The van der Waals surface area contributed by atoms with E-state index in [1.165, 1.54) is 0 Å². The van der Waals surface area contributed by atoms with Crippen LogP contribution in [0.15, 0.2) is 66.5 Å². The summed E-state index contributed by atoms with van der Waals surface area (Å²) >= 11 is 0. The molecule has 1 rings (SSSR count). The highest BCUT2D eigenvalue weighted by molar-refractivity contribution is 5.89. The van der Waals surface area contributed by atoms with Crippen LogP contribution < -0.4 is 0 Å². The van der Waals surface area contributed by atoms with Gasteiger partial charge in [-0.3, -0.25) is 4.79 Å². The van der Waals surface area contributed by atoms with E-state index in [0.717, 1.165) is 30.4 Å². The standard InChI is InChI=1S/C23H32O3/c1-4-6-13-21(18-25-3)22(15-16-23(24)14-7-5-2)19-26-17-20-11-9-8-10-12-20/h6-14,18,22H,4-5,15-17,19H2,1-3H3/b13-6+,14-7+,21-18-. The van der Waals surface area contributed by atoms with Gasteiger partial charge < -0.3 is 9.47 Å². The number of carbonyl (C=O) groups excluding carboxylic acids is 1. The third kappa shape index (κ3) is 9.38. The van der Waals surface area contributed by atoms with Gasteiger partial charge in [0.05, 0.1) is 26.6 Å². The number of ether oxygens (including phenoxy) is 2. The molecule has 0 saturated carbocycles. The molecule has 1 unspecified atom stereocenters. The highest BCUT2D eigenvalue weighted by Gasteiger charge is 2.15. The summed E-state index contributed by atoms with van der Waals surface area (Å²) in [6.45, 7) is 5.25. The first-order valence-electron chi connectivity index (χ1n) is 9.41. The number of rotatable bonds is 13. The van der Waals surface area contributed by atoms with Crippen LogP contribution in [0, 0.1) is 5.92 Å². The second-order valence-corrected chi connectivity index (χ2v) is 6.18. The van der Waals surface area contributed by atoms with Crippen LogP contribution in [0.25, 0.3) is 0 Å². The third-order valence-electron chi connectivity index (χ3n) is 3.98. The molecule has 0 radical (unpaired) electrons. The van der Waals surface area contributed by atoms with Crippen LogP contribution in [0.4, 0.5) is 0 Å². The molecule has 0 fully saturated rings. The van der Waals surface area contributed by atoms with Gasteiger partial charge in [0.15, 0.2) is 5.78 Å². The van der Waals surface area contributed by atoms with E-state index in [1.54, 1.807) is 19.4 Å². The van der Waals surface area contributed by atoms with E-state index in [4.69, 9.17) is 9.47 Å². The zero-order valence-electron chi connectivity index (χ0n) is 16.3. The monoisotopic (exact) mass is 356 g/mol. The Hall–Kier alpha value is -2.13. The minimum atomic E-state index is 0.125. The minimum absolute atomic E-state index is 0.125. The van der Waals surface area contributed by atoms with Gasteiger partial charge in [-0.1, -0.05) is 62.4 Å². The third-order valence-corrected chi connectivity index (χ3v) is 3.98. The predicted molar refractivity (Wildman–Crippen MR) is 108 cm³/mol. The molecule has 0 aliphatic heterocycles. The quantitative estimate of drug-likeness (QED) is 0.261. The summed E-state index contributed by atoms with van der Waals surface area (Å²) < 4.78 is 11.2. The molecule has 0 saturated heterocycles. The molecule has 0 aliphatic carbocycles. The molecule has 0 N–H and O–H groups in total. The topological polar surface area (TPSA) is 35.5 Å². The van der Waals surface area contributed by atoms with Gasteiger partial charge >= 0.3 is 0 Å². The SMILES string of the molecule is CC/C=C/C(=O)CCC(COCc1ccccc1)C(=C\OC)/C=C/CC. The van der Waals surface area contributed by atoms with Gasteiger partial charge in [0.2, 0.25) is 0 Å². The summed E-state index contributed by atoms with van der Waals surface area (Å²) in [4.78, 5) is 12.0. The molecule has 0 amide bonds. The number of carbonyl (C=O) groups is 1. The molecule has 3 heteroatoms. The first-order valence-corrected chi connectivity index (χ1v) is 9.41. The molecule has 26 heavy (non-hydrogen) atoms. The van der Waals surface area contributed by atoms with Gasteiger partial charge in [0.25, 0.3) is 0 Å². The number of methoxy groups -OCH3 is 1. The van der Waals surface area contributed by atoms with Crippen molar-refractivity contribution in [3.05, 3.63) is 72.0 Å². The van der Waals surface area contributed by atoms with Crippen molar-refractivity contribution in [3.8, 4) is 0 Å². The molecule has 1 atom stereocenters. The molecule has 0 aromatic heterocycles. The number of hydrogen-bond donors (Lipinski definition) is 0. The van der Waals surface area contributed by atoms with Crippen LogP contribution in [0.5, 0.6) is 0 Å². The van der Waals surface area contributed by atoms with Crippen molar-refractivity contribution < 1.29 is 14.3 Å². The van der Waals surface area contributed by atoms with E-state index < -0.39 is 0 Å². The van der Waals surface area contributed by atoms with Crippen LogP contribution in [0.3, 0.4) is 0 Å². The maximum atomic E-state index is 12.0. The summed E-state index contributed by atoms with van der Waals surface area (Å²) in [5.41, 5.74) is 2.21. The lowest BCUT2D eigenvalue weighted by atomic mass is 9.93. The molecule has 1 aromatic rings. The lowest BCUT2D eigenvalue weighted by Gasteiger charge is -2.18. The fraction of sp³-hybridized carbons (Fsp3) is 0.435. The second kappa shape index (κ2) is 14.1. The number of hydrogen-bond acceptors (Lipinski definition) is 3. The molecular weight excluding hydrogens is 324 g/mol. The molecule has 0 spiro atoms. The van der Waals surface area contributed by atoms with E-state index in [1.807, 2.05) is 31.2 Å². The Morgan fingerprint density at radius 2 is 1.77 bits per heavy atom. The van der Waals surface area contributed by atoms with Crippen molar-refractivity contribution in [3.63, 3.8) is 0 Å². The lowest BCUT2D eigenvalue weighted by molar-refractivity contribution is -0.114. The molecule has 0 heterocycles. The summed E-state index contributed by atoms with van der Waals surface area (Å²) in [7, 11) is 1.65. The van der Waals surface area contributed by atoms with E-state index in [9.17, 15) is 4.79 Å². The van der Waals surface area contributed by atoms with Crippen molar-refractivity contribution in [2.24, 2.45) is 5.92 Å². The smallest absolute Gasteiger partial charge is 0.155 e. The van der Waals surface area contributed by atoms with E-state index in [-0.39, 0.29) is 11.7 Å². The first-order chi connectivity index (χ1) is 12.7. The Balaban J connectivity index is 2.72. The number of allylic oxidation sites excluding steroid dienone is 4. The Kier molecular flexibility index (Phi) is 11.9. The highest BCUT2D eigenvalue weighted by Crippen LogP contribution is 2.21. The van der Waals surface area contributed by atoms with Crippen molar-refractivity contribution in [1.29, 1.82) is 0 Å². The second-order valence-electron chi connectivity index (χ2n) is 6.18. The maximum absolute atomic E-state index is 12.0. The van der Waals surface area contributed by atoms with Crippen LogP contribution in [0.2, 0.25) is 0 Å². The summed E-state index contributed by atoms with van der Waals surface area (Å²) in [6, 6.07) is 10.1. The van der Waals surface area contributed by atoms with Gasteiger partial charge in [-0.25, -0.2) is 0 Å². The van der Waals surface area contributed by atoms with Crippen LogP contribution in [-0.2, 0) is 20.9 Å². The molecular formula is C23H32O3. The Bertz CT molecular complexity index is 585. The molecule has 0 aliphatic rings. The van der Waals surface area contributed by atoms with Crippen molar-refractivity contribution in [1.82, 2.24) is 0 Å². The average Bonchev–Trinajstić information content (AvgIpc) is 2.67. The van der Waals surface area contributed by atoms with Gasteiger partial charge in [0.1, 0.15) is 0 Å². The molecule has 3 nitrogen and oxygen atoms in total. The van der Waals surface area contributed by atoms with Crippen LogP contribution >= 0.6 is 0 Å². The van der Waals surface area contributed by atoms with E-state index in [0.29, 0.717) is 19.6 Å². The zero-order valence-corrected chi connectivity index (χ0v) is 16.3. The summed E-state index contributed by atoms with van der Waals surface area (Å²) in [5.74, 6) is 0.289. The first kappa shape index (κ1) is 21.9. The largest absolute Gasteiger partial charge is 0.504 e. The van der Waals surface area contributed by atoms with Gasteiger partial charge in [-0.2, -0.15) is 0 Å².